The van der Waals surface area contributed by atoms with Gasteiger partial charge in [0, 0.05) is 32.9 Å². The van der Waals surface area contributed by atoms with Crippen LogP contribution in [0.5, 0.6) is 5.75 Å². The fourth-order valence-electron chi connectivity index (χ4n) is 7.23. The number of allylic oxidation sites excluding steroid dienone is 2. The largest absolute Gasteiger partial charge is 0.493 e. The Bertz CT molecular complexity index is 3000. The van der Waals surface area contributed by atoms with Gasteiger partial charge in [-0.15, -0.1) is 11.3 Å². The Morgan fingerprint density at radius 1 is 0.549 bits per heavy atom. The van der Waals surface area contributed by atoms with E-state index in [4.69, 9.17) is 50.9 Å². The van der Waals surface area contributed by atoms with Crippen molar-refractivity contribution < 1.29 is 83.9 Å². The molecule has 0 aliphatic rings. The second-order valence-electron chi connectivity index (χ2n) is 19.9. The highest BCUT2D eigenvalue weighted by atomic mass is 79.9. The number of hydrogen-bond acceptors (Lipinski definition) is 12. The minimum atomic E-state index is -1.14. The zero-order valence-electron chi connectivity index (χ0n) is 52.0. The zero-order chi connectivity index (χ0) is 68.8. The standard InChI is InChI=1S/C19H30O3.C14H20O2.C10H12O2S.C8H5BrO4.C7H9NO2.C5H2Br2O2S.C5H8O2/c1-2-3-4-5-6-7-8-9-10-13-16-22-18-15-12-11-14-17(18)19(20)21;15-14(16)12-8-3-1-2-5-9-13-10-6-4-7-11-13;11-10(12)6-7-13-8-9-4-2-1-3-5-9;9-6-3-4(7(10)11)1-2-5(6)8(12)13;1-2-3-4-6(5-8)7(9)10;6-2-1-3(5(8)9)10-4(2)7;1-4(2)3-5(6)7/h11-12,14-15H,2-10,13,16H2,1H3,(H,20,21);4,6-7,10-11H,1-3,5,8-9,12H2,(H,15,16);1-5H,6-8H2,(H,11,12);1-3H,(H,10,11)(H,12,13);4H,2-3H2,1H3,(H,9,10);1H,(H,8,9);3H,1-2H3,(H,6,7). The van der Waals surface area contributed by atoms with E-state index >= 15 is 0 Å². The van der Waals surface area contributed by atoms with E-state index in [0.29, 0.717) is 35.8 Å². The van der Waals surface area contributed by atoms with Crippen molar-refractivity contribution in [1.29, 1.82) is 5.26 Å². The predicted octanol–water partition coefficient (Wildman–Crippen LogP) is 18.9. The van der Waals surface area contributed by atoms with Gasteiger partial charge in [-0.05, 0) is 141 Å². The number of nitrogens with zero attached hydrogens (tertiary/aromatic N) is 1. The highest BCUT2D eigenvalue weighted by molar-refractivity contribution is 9.13. The van der Waals surface area contributed by atoms with Crippen LogP contribution in [0.2, 0.25) is 0 Å². The number of nitriles is 1. The lowest BCUT2D eigenvalue weighted by Gasteiger charge is -2.08. The highest BCUT2D eigenvalue weighted by Crippen LogP contribution is 2.32. The van der Waals surface area contributed by atoms with E-state index in [9.17, 15) is 38.4 Å². The number of para-hydroxylation sites is 1. The number of hydrogen-bond donors (Lipinski definition) is 8. The Kier molecular flexibility index (Phi) is 52.6. The van der Waals surface area contributed by atoms with Crippen LogP contribution in [0.1, 0.15) is 202 Å². The van der Waals surface area contributed by atoms with Crippen molar-refractivity contribution in [2.45, 2.75) is 162 Å². The lowest BCUT2D eigenvalue weighted by atomic mass is 10.1. The van der Waals surface area contributed by atoms with E-state index in [1.54, 1.807) is 62.0 Å². The molecular weight excluding hydrogens is 1410 g/mol. The van der Waals surface area contributed by atoms with E-state index in [1.165, 1.54) is 117 Å². The van der Waals surface area contributed by atoms with Crippen LogP contribution in [0.25, 0.3) is 0 Å². The van der Waals surface area contributed by atoms with Gasteiger partial charge >= 0.3 is 47.8 Å². The number of ether oxygens (including phenoxy) is 1. The average molecular weight is 1490 g/mol. The summed E-state index contributed by atoms with van der Waals surface area (Å²) < 4.78 is 7.45. The van der Waals surface area contributed by atoms with Crippen LogP contribution in [0.3, 0.4) is 0 Å². The molecule has 91 heavy (non-hydrogen) atoms. The van der Waals surface area contributed by atoms with Crippen molar-refractivity contribution in [1.82, 2.24) is 0 Å². The van der Waals surface area contributed by atoms with Crippen LogP contribution in [-0.2, 0) is 31.4 Å². The van der Waals surface area contributed by atoms with Gasteiger partial charge < -0.3 is 45.6 Å². The molecule has 0 aliphatic carbocycles. The average Bonchev–Trinajstić information content (AvgIpc) is 2.72. The molecule has 0 bridgehead atoms. The summed E-state index contributed by atoms with van der Waals surface area (Å²) in [5.41, 5.74) is 3.64. The van der Waals surface area contributed by atoms with Crippen LogP contribution in [0, 0.1) is 11.3 Å². The summed E-state index contributed by atoms with van der Waals surface area (Å²) in [5, 5.41) is 76.1. The van der Waals surface area contributed by atoms with Gasteiger partial charge in [-0.2, -0.15) is 17.0 Å². The van der Waals surface area contributed by atoms with E-state index in [2.05, 4.69) is 79.0 Å². The number of carboxylic acid groups (broad SMARTS) is 8. The topological polar surface area (TPSA) is 331 Å². The monoisotopic (exact) mass is 1490 g/mol. The smallest absolute Gasteiger partial charge is 0.346 e. The van der Waals surface area contributed by atoms with Gasteiger partial charge in [0.1, 0.15) is 27.8 Å². The van der Waals surface area contributed by atoms with E-state index < -0.39 is 47.8 Å². The van der Waals surface area contributed by atoms with Crippen LogP contribution < -0.4 is 4.74 Å². The lowest BCUT2D eigenvalue weighted by Crippen LogP contribution is -2.04. The molecular formula is C68H86Br3NO17S2. The Morgan fingerprint density at radius 2 is 1.07 bits per heavy atom. The van der Waals surface area contributed by atoms with Crippen molar-refractivity contribution in [2.24, 2.45) is 0 Å². The summed E-state index contributed by atoms with van der Waals surface area (Å²) >= 11 is 12.2. The van der Waals surface area contributed by atoms with Gasteiger partial charge in [-0.25, -0.2) is 28.8 Å². The number of thiophene rings is 1. The second kappa shape index (κ2) is 55.7. The summed E-state index contributed by atoms with van der Waals surface area (Å²) in [6.07, 6.45) is 24.1. The third kappa shape index (κ3) is 49.3. The van der Waals surface area contributed by atoms with Crippen LogP contribution >= 0.6 is 70.9 Å². The second-order valence-corrected chi connectivity index (χ2v) is 25.1. The number of carbonyl (C=O) groups is 8. The lowest BCUT2D eigenvalue weighted by molar-refractivity contribution is -0.137. The first kappa shape index (κ1) is 86.0. The van der Waals surface area contributed by atoms with Crippen molar-refractivity contribution in [3.63, 3.8) is 0 Å². The fraction of sp³-hybridized carbons (Fsp3) is 0.397. The molecule has 8 N–H and O–H groups in total. The predicted molar refractivity (Wildman–Crippen MR) is 369 cm³/mol. The van der Waals surface area contributed by atoms with Crippen LogP contribution in [0.4, 0.5) is 0 Å². The maximum Gasteiger partial charge on any atom is 0.346 e. The van der Waals surface area contributed by atoms with Gasteiger partial charge in [0.25, 0.3) is 0 Å². The van der Waals surface area contributed by atoms with Crippen molar-refractivity contribution >= 4 is 119 Å². The summed E-state index contributed by atoms with van der Waals surface area (Å²) in [6, 6.07) is 34.3. The number of thioether (sulfide) groups is 1. The van der Waals surface area contributed by atoms with Gasteiger partial charge in [-0.3, -0.25) is 9.59 Å². The van der Waals surface area contributed by atoms with Gasteiger partial charge in [0.2, 0.25) is 0 Å². The molecule has 0 unspecified atom stereocenters. The molecule has 5 aromatic rings. The van der Waals surface area contributed by atoms with Gasteiger partial charge in [0.05, 0.1) is 27.9 Å². The molecule has 1 heterocycles. The maximum atomic E-state index is 11.0. The molecule has 18 nitrogen and oxygen atoms in total. The van der Waals surface area contributed by atoms with Crippen molar-refractivity contribution in [3.05, 3.63) is 178 Å². The molecule has 0 atom stereocenters. The molecule has 4 aromatic carbocycles. The van der Waals surface area contributed by atoms with E-state index in [0.717, 1.165) is 64.5 Å². The number of benzene rings is 4. The summed E-state index contributed by atoms with van der Waals surface area (Å²) in [5.74, 6) is -5.36. The van der Waals surface area contributed by atoms with Crippen molar-refractivity contribution in [3.8, 4) is 11.8 Å². The van der Waals surface area contributed by atoms with Gasteiger partial charge in [0.15, 0.2) is 0 Å². The molecule has 498 valence electrons. The number of carboxylic acids is 8. The summed E-state index contributed by atoms with van der Waals surface area (Å²) in [4.78, 5) is 83.1. The number of halogens is 3. The van der Waals surface area contributed by atoms with Crippen LogP contribution in [-0.4, -0.2) is 101 Å². The van der Waals surface area contributed by atoms with Gasteiger partial charge in [-0.1, -0.05) is 182 Å². The Morgan fingerprint density at radius 3 is 1.49 bits per heavy atom. The molecule has 1 aromatic heterocycles. The molecule has 23 heteroatoms. The number of aliphatic carboxylic acids is 4. The van der Waals surface area contributed by atoms with Crippen LogP contribution in [0.15, 0.2) is 145 Å². The maximum absolute atomic E-state index is 11.0. The molecule has 0 saturated heterocycles. The first-order chi connectivity index (χ1) is 43.3. The number of unbranched alkanes of at least 4 members (excludes halogenated alkanes) is 14. The molecule has 0 aliphatic heterocycles. The Hall–Kier alpha value is -7.10. The molecule has 0 amide bonds. The SMILES string of the molecule is CC(C)=CC(=O)O.CCCC=C(C#N)C(=O)O.CCCCCCCCCCCCOc1ccccc1C(=O)O.O=C(O)CCCCCCCc1ccccc1.O=C(O)CCSCc1ccccc1.O=C(O)c1cc(Br)c(Br)s1.O=C(O)c1ccc(C(=O)O)c(Br)c1. The Labute approximate surface area is 567 Å². The molecule has 5 rings (SSSR count). The third-order valence-corrected chi connectivity index (χ3v) is 16.8. The first-order valence-corrected chi connectivity index (χ1v) is 33.9. The van der Waals surface area contributed by atoms with E-state index in [-0.39, 0.29) is 33.2 Å². The van der Waals surface area contributed by atoms with E-state index in [1.807, 2.05) is 43.3 Å². The minimum Gasteiger partial charge on any atom is -0.493 e. The van der Waals surface area contributed by atoms with Crippen molar-refractivity contribution in [2.75, 3.05) is 12.4 Å². The normalized spacial score (nSPS) is 9.98. The minimum absolute atomic E-state index is 0.0463. The summed E-state index contributed by atoms with van der Waals surface area (Å²) in [6.45, 7) is 8.26. The molecule has 0 fully saturated rings. The molecule has 0 spiro atoms. The molecule has 0 radical (unpaired) electrons. The summed E-state index contributed by atoms with van der Waals surface area (Å²) in [7, 11) is 0. The third-order valence-electron chi connectivity index (χ3n) is 11.8. The zero-order valence-corrected chi connectivity index (χ0v) is 58.4. The first-order valence-electron chi connectivity index (χ1n) is 29.5. The fourth-order valence-corrected chi connectivity index (χ4v) is 10.5. The number of rotatable bonds is 33. The number of aryl methyl sites for hydroxylation is 1. The quantitative estimate of drug-likeness (QED) is 0.0110. The highest BCUT2D eigenvalue weighted by Gasteiger charge is 2.13. The Balaban J connectivity index is 0. The number of aromatic carboxylic acids is 4. The molecule has 0 saturated carbocycles.